The number of nitrogens with one attached hydrogen (secondary N) is 1. The van der Waals surface area contributed by atoms with Gasteiger partial charge in [-0.05, 0) is 45.0 Å². The molecule has 2 amide bonds. The van der Waals surface area contributed by atoms with Crippen LogP contribution in [0.25, 0.3) is 5.57 Å². The maximum atomic E-state index is 13.4. The molecular formula is C19H17ClF2N2O3S. The molecule has 2 aromatic rings. The quantitative estimate of drug-likeness (QED) is 0.774. The molecule has 1 aliphatic rings. The molecule has 0 fully saturated rings. The SMILES string of the molecule is CC1=C(c2ccc(Cl)s2)C(=O)N(C(C)(C)C(=O)Nc2cc(F)cc(F)c2)CO1. The van der Waals surface area contributed by atoms with Gasteiger partial charge >= 0.3 is 0 Å². The van der Waals surface area contributed by atoms with E-state index in [2.05, 4.69) is 5.32 Å². The number of amides is 2. The van der Waals surface area contributed by atoms with Crippen LogP contribution < -0.4 is 5.32 Å². The average Bonchev–Trinajstić information content (AvgIpc) is 2.99. The van der Waals surface area contributed by atoms with Crippen LogP contribution >= 0.6 is 22.9 Å². The summed E-state index contributed by atoms with van der Waals surface area (Å²) in [6.07, 6.45) is 0. The van der Waals surface area contributed by atoms with E-state index in [1.165, 1.54) is 30.1 Å². The number of carbonyl (C=O) groups excluding carboxylic acids is 2. The Morgan fingerprint density at radius 1 is 1.25 bits per heavy atom. The maximum Gasteiger partial charge on any atom is 0.262 e. The molecular weight excluding hydrogens is 410 g/mol. The summed E-state index contributed by atoms with van der Waals surface area (Å²) in [5.41, 5.74) is -1.08. The first-order valence-electron chi connectivity index (χ1n) is 8.28. The van der Waals surface area contributed by atoms with Gasteiger partial charge in [-0.25, -0.2) is 8.78 Å². The van der Waals surface area contributed by atoms with Gasteiger partial charge in [-0.2, -0.15) is 0 Å². The second-order valence-corrected chi connectivity index (χ2v) is 8.43. The van der Waals surface area contributed by atoms with Crippen LogP contribution in [-0.4, -0.2) is 29.0 Å². The first kappa shape index (κ1) is 20.3. The highest BCUT2D eigenvalue weighted by molar-refractivity contribution is 7.17. The van der Waals surface area contributed by atoms with E-state index in [4.69, 9.17) is 16.3 Å². The lowest BCUT2D eigenvalue weighted by Crippen LogP contribution is -2.57. The first-order valence-corrected chi connectivity index (χ1v) is 9.48. The zero-order valence-corrected chi connectivity index (χ0v) is 16.9. The van der Waals surface area contributed by atoms with Crippen molar-refractivity contribution in [2.45, 2.75) is 26.3 Å². The minimum atomic E-state index is -1.35. The smallest absolute Gasteiger partial charge is 0.262 e. The predicted octanol–water partition coefficient (Wildman–Crippen LogP) is 4.64. The molecule has 28 heavy (non-hydrogen) atoms. The number of ether oxygens (including phenoxy) is 1. The Kier molecular flexibility index (Phi) is 5.45. The van der Waals surface area contributed by atoms with Crippen LogP contribution in [0.15, 0.2) is 36.1 Å². The van der Waals surface area contributed by atoms with E-state index >= 15 is 0 Å². The highest BCUT2D eigenvalue weighted by atomic mass is 35.5. The molecule has 0 spiro atoms. The topological polar surface area (TPSA) is 58.6 Å². The fraction of sp³-hybridized carbons (Fsp3) is 0.263. The summed E-state index contributed by atoms with van der Waals surface area (Å²) < 4.78 is 32.9. The molecule has 0 aliphatic carbocycles. The number of allylic oxidation sites excluding steroid dienone is 1. The van der Waals surface area contributed by atoms with E-state index in [-0.39, 0.29) is 12.4 Å². The third-order valence-electron chi connectivity index (χ3n) is 4.39. The lowest BCUT2D eigenvalue weighted by molar-refractivity contribution is -0.147. The molecule has 1 aromatic heterocycles. The minimum Gasteiger partial charge on any atom is -0.477 e. The molecule has 0 saturated carbocycles. The molecule has 2 heterocycles. The van der Waals surface area contributed by atoms with Crippen LogP contribution in [0, 0.1) is 11.6 Å². The van der Waals surface area contributed by atoms with Gasteiger partial charge in [0.25, 0.3) is 5.91 Å². The molecule has 148 valence electrons. The molecule has 5 nitrogen and oxygen atoms in total. The van der Waals surface area contributed by atoms with Gasteiger partial charge in [-0.1, -0.05) is 11.6 Å². The number of anilines is 1. The number of hydrogen-bond acceptors (Lipinski definition) is 4. The van der Waals surface area contributed by atoms with Gasteiger partial charge in [0.05, 0.1) is 9.91 Å². The second kappa shape index (κ2) is 7.52. The van der Waals surface area contributed by atoms with Crippen molar-refractivity contribution in [1.29, 1.82) is 0 Å². The zero-order chi connectivity index (χ0) is 20.6. The molecule has 0 unspecified atom stereocenters. The van der Waals surface area contributed by atoms with E-state index in [1.54, 1.807) is 19.1 Å². The summed E-state index contributed by atoms with van der Waals surface area (Å²) in [5.74, 6) is -2.21. The van der Waals surface area contributed by atoms with Crippen LogP contribution in [0.3, 0.4) is 0 Å². The Morgan fingerprint density at radius 3 is 2.46 bits per heavy atom. The van der Waals surface area contributed by atoms with Crippen molar-refractivity contribution in [2.75, 3.05) is 12.0 Å². The van der Waals surface area contributed by atoms with Crippen molar-refractivity contribution in [3.63, 3.8) is 0 Å². The van der Waals surface area contributed by atoms with Crippen molar-refractivity contribution >= 4 is 46.0 Å². The molecule has 0 radical (unpaired) electrons. The van der Waals surface area contributed by atoms with E-state index < -0.39 is 29.0 Å². The largest absolute Gasteiger partial charge is 0.477 e. The Labute approximate surface area is 169 Å². The number of hydrogen-bond donors (Lipinski definition) is 1. The Hall–Kier alpha value is -2.45. The molecule has 1 aliphatic heterocycles. The predicted molar refractivity (Wildman–Crippen MR) is 104 cm³/mol. The molecule has 1 N–H and O–H groups in total. The van der Waals surface area contributed by atoms with Crippen molar-refractivity contribution in [2.24, 2.45) is 0 Å². The summed E-state index contributed by atoms with van der Waals surface area (Å²) in [7, 11) is 0. The molecule has 1 aromatic carbocycles. The third kappa shape index (κ3) is 3.88. The Bertz CT molecular complexity index is 967. The molecule has 9 heteroatoms. The minimum absolute atomic E-state index is 0.0436. The van der Waals surface area contributed by atoms with Crippen molar-refractivity contribution < 1.29 is 23.1 Å². The molecule has 3 rings (SSSR count). The molecule has 0 bridgehead atoms. The average molecular weight is 427 g/mol. The summed E-state index contributed by atoms with van der Waals surface area (Å²) in [5, 5.41) is 2.45. The lowest BCUT2D eigenvalue weighted by Gasteiger charge is -2.40. The van der Waals surface area contributed by atoms with Gasteiger partial charge in [0.2, 0.25) is 5.91 Å². The molecule has 0 saturated heterocycles. The second-order valence-electron chi connectivity index (χ2n) is 6.71. The monoisotopic (exact) mass is 426 g/mol. The highest BCUT2D eigenvalue weighted by Gasteiger charge is 2.42. The van der Waals surface area contributed by atoms with Crippen molar-refractivity contribution in [1.82, 2.24) is 4.90 Å². The fourth-order valence-corrected chi connectivity index (χ4v) is 3.88. The van der Waals surface area contributed by atoms with Crippen LogP contribution in [0.2, 0.25) is 4.34 Å². The van der Waals surface area contributed by atoms with Gasteiger partial charge in [0.15, 0.2) is 6.73 Å². The van der Waals surface area contributed by atoms with E-state index in [0.717, 1.165) is 12.1 Å². The van der Waals surface area contributed by atoms with Crippen molar-refractivity contribution in [3.8, 4) is 0 Å². The standard InChI is InChI=1S/C19H17ClF2N2O3S/c1-10-16(14-4-5-15(20)28-14)17(25)24(9-27-10)19(2,3)18(26)23-13-7-11(21)6-12(22)8-13/h4-8H,9H2,1-3H3,(H,23,26). The summed E-state index contributed by atoms with van der Waals surface area (Å²) in [6.45, 7) is 4.59. The number of benzene rings is 1. The van der Waals surface area contributed by atoms with Gasteiger partial charge in [-0.3, -0.25) is 14.5 Å². The van der Waals surface area contributed by atoms with E-state index in [1.807, 2.05) is 0 Å². The number of nitrogens with zero attached hydrogens (tertiary/aromatic N) is 1. The Morgan fingerprint density at radius 2 is 1.89 bits per heavy atom. The summed E-state index contributed by atoms with van der Waals surface area (Å²) in [6, 6.07) is 6.07. The highest BCUT2D eigenvalue weighted by Crippen LogP contribution is 2.35. The number of carbonyl (C=O) groups is 2. The zero-order valence-electron chi connectivity index (χ0n) is 15.3. The Balaban J connectivity index is 1.86. The first-order chi connectivity index (χ1) is 13.1. The van der Waals surface area contributed by atoms with Crippen LogP contribution in [0.4, 0.5) is 14.5 Å². The van der Waals surface area contributed by atoms with Gasteiger partial charge in [0, 0.05) is 16.6 Å². The normalized spacial score (nSPS) is 14.9. The van der Waals surface area contributed by atoms with E-state index in [0.29, 0.717) is 26.6 Å². The summed E-state index contributed by atoms with van der Waals surface area (Å²) in [4.78, 5) is 27.8. The molecule has 0 atom stereocenters. The van der Waals surface area contributed by atoms with Crippen molar-refractivity contribution in [3.05, 3.63) is 56.9 Å². The maximum absolute atomic E-state index is 13.4. The number of rotatable bonds is 4. The van der Waals surface area contributed by atoms with Crippen LogP contribution in [0.1, 0.15) is 25.6 Å². The van der Waals surface area contributed by atoms with Crippen LogP contribution in [0.5, 0.6) is 0 Å². The number of thiophene rings is 1. The van der Waals surface area contributed by atoms with E-state index in [9.17, 15) is 18.4 Å². The third-order valence-corrected chi connectivity index (χ3v) is 5.64. The fourth-order valence-electron chi connectivity index (χ4n) is 2.75. The lowest BCUT2D eigenvalue weighted by atomic mass is 9.99. The summed E-state index contributed by atoms with van der Waals surface area (Å²) >= 11 is 7.20. The van der Waals surface area contributed by atoms with Gasteiger partial charge in [-0.15, -0.1) is 11.3 Å². The number of halogens is 3. The van der Waals surface area contributed by atoms with Gasteiger partial charge in [0.1, 0.15) is 22.9 Å². The van der Waals surface area contributed by atoms with Crippen LogP contribution in [-0.2, 0) is 14.3 Å². The van der Waals surface area contributed by atoms with Gasteiger partial charge < -0.3 is 10.1 Å².